The fraction of sp³-hybridized carbons (Fsp3) is 0.320. The van der Waals surface area contributed by atoms with Gasteiger partial charge in [0.25, 0.3) is 17.7 Å². The molecule has 0 unspecified atom stereocenters. The largest absolute Gasteiger partial charge is 0.494 e. The second-order valence-corrected chi connectivity index (χ2v) is 8.38. The van der Waals surface area contributed by atoms with Gasteiger partial charge in [-0.05, 0) is 69.2 Å². The standard InChI is InChI=1S/C25H24N4O5/c1-3-33-19-7-5-18(6-8-19)29-24(31)20-9-4-17(14-21(20)25(29)32)23(30)28-12-10-16(11-13-28)22-26-15(2)27-34-22/h4-9,14,16H,3,10-13H2,1-2H3. The zero-order valence-corrected chi connectivity index (χ0v) is 19.0. The Balaban J connectivity index is 1.31. The van der Waals surface area contributed by atoms with Gasteiger partial charge in [0.05, 0.1) is 23.4 Å². The van der Waals surface area contributed by atoms with Crippen LogP contribution in [0.2, 0.25) is 0 Å². The summed E-state index contributed by atoms with van der Waals surface area (Å²) in [6, 6.07) is 11.5. The number of piperidine rings is 1. The van der Waals surface area contributed by atoms with Gasteiger partial charge in [-0.1, -0.05) is 5.16 Å². The number of amides is 3. The molecule has 3 heterocycles. The van der Waals surface area contributed by atoms with Crippen molar-refractivity contribution >= 4 is 23.4 Å². The van der Waals surface area contributed by atoms with E-state index in [2.05, 4.69) is 10.1 Å². The van der Waals surface area contributed by atoms with Crippen molar-refractivity contribution in [2.45, 2.75) is 32.6 Å². The van der Waals surface area contributed by atoms with Gasteiger partial charge in [0.1, 0.15) is 5.75 Å². The van der Waals surface area contributed by atoms with Gasteiger partial charge in [-0.15, -0.1) is 0 Å². The number of ether oxygens (including phenoxy) is 1. The molecule has 5 rings (SSSR count). The Kier molecular flexibility index (Phi) is 5.61. The highest BCUT2D eigenvalue weighted by Crippen LogP contribution is 2.31. The molecule has 2 aromatic carbocycles. The molecule has 1 saturated heterocycles. The van der Waals surface area contributed by atoms with E-state index >= 15 is 0 Å². The lowest BCUT2D eigenvalue weighted by molar-refractivity contribution is 0.0704. The second-order valence-electron chi connectivity index (χ2n) is 8.38. The van der Waals surface area contributed by atoms with Gasteiger partial charge in [0, 0.05) is 24.6 Å². The number of anilines is 1. The smallest absolute Gasteiger partial charge is 0.266 e. The van der Waals surface area contributed by atoms with Crippen LogP contribution in [0.5, 0.6) is 5.75 Å². The molecule has 0 spiro atoms. The zero-order chi connectivity index (χ0) is 23.8. The maximum absolute atomic E-state index is 13.1. The molecule has 1 aromatic heterocycles. The first-order chi connectivity index (χ1) is 16.5. The van der Waals surface area contributed by atoms with Crippen LogP contribution in [-0.4, -0.2) is 52.5 Å². The number of benzene rings is 2. The highest BCUT2D eigenvalue weighted by molar-refractivity contribution is 6.34. The minimum absolute atomic E-state index is 0.132. The molecule has 2 aliphatic rings. The Labute approximate surface area is 196 Å². The summed E-state index contributed by atoms with van der Waals surface area (Å²) in [5, 5.41) is 3.84. The maximum Gasteiger partial charge on any atom is 0.266 e. The normalized spacial score (nSPS) is 16.2. The van der Waals surface area contributed by atoms with Crippen LogP contribution in [0.4, 0.5) is 5.69 Å². The number of likely N-dealkylation sites (tertiary alicyclic amines) is 1. The number of nitrogens with zero attached hydrogens (tertiary/aromatic N) is 4. The van der Waals surface area contributed by atoms with Crippen LogP contribution in [0, 0.1) is 6.92 Å². The van der Waals surface area contributed by atoms with Crippen molar-refractivity contribution < 1.29 is 23.6 Å². The minimum atomic E-state index is -0.440. The van der Waals surface area contributed by atoms with E-state index < -0.39 is 11.8 Å². The second kappa shape index (κ2) is 8.74. The summed E-state index contributed by atoms with van der Waals surface area (Å²) < 4.78 is 10.7. The lowest BCUT2D eigenvalue weighted by Crippen LogP contribution is -2.38. The van der Waals surface area contributed by atoms with E-state index in [0.29, 0.717) is 54.0 Å². The van der Waals surface area contributed by atoms with Crippen LogP contribution in [0.15, 0.2) is 47.0 Å². The third kappa shape index (κ3) is 3.83. The molecule has 9 nitrogen and oxygen atoms in total. The van der Waals surface area contributed by atoms with Crippen molar-refractivity contribution in [2.75, 3.05) is 24.6 Å². The fourth-order valence-corrected chi connectivity index (χ4v) is 4.46. The number of hydrogen-bond donors (Lipinski definition) is 0. The summed E-state index contributed by atoms with van der Waals surface area (Å²) in [4.78, 5) is 46.4. The number of hydrogen-bond acceptors (Lipinski definition) is 7. The molecule has 0 saturated carbocycles. The molecule has 1 fully saturated rings. The molecule has 2 aliphatic heterocycles. The molecular formula is C25H24N4O5. The number of aromatic nitrogens is 2. The summed E-state index contributed by atoms with van der Waals surface area (Å²) in [5.41, 5.74) is 1.38. The highest BCUT2D eigenvalue weighted by Gasteiger charge is 2.37. The number of aryl methyl sites for hydroxylation is 1. The molecule has 0 N–H and O–H groups in total. The van der Waals surface area contributed by atoms with Crippen LogP contribution in [0.25, 0.3) is 0 Å². The Bertz CT molecular complexity index is 1260. The average molecular weight is 460 g/mol. The van der Waals surface area contributed by atoms with Gasteiger partial charge in [-0.3, -0.25) is 14.4 Å². The quantitative estimate of drug-likeness (QED) is 0.536. The van der Waals surface area contributed by atoms with Crippen LogP contribution >= 0.6 is 0 Å². The van der Waals surface area contributed by atoms with Crippen molar-refractivity contribution in [1.82, 2.24) is 15.0 Å². The van der Waals surface area contributed by atoms with Crippen molar-refractivity contribution in [3.63, 3.8) is 0 Å². The van der Waals surface area contributed by atoms with E-state index in [-0.39, 0.29) is 17.4 Å². The van der Waals surface area contributed by atoms with Gasteiger partial charge >= 0.3 is 0 Å². The van der Waals surface area contributed by atoms with E-state index in [1.165, 1.54) is 6.07 Å². The predicted octanol–water partition coefficient (Wildman–Crippen LogP) is 3.60. The van der Waals surface area contributed by atoms with E-state index in [1.807, 2.05) is 6.92 Å². The third-order valence-corrected chi connectivity index (χ3v) is 6.21. The lowest BCUT2D eigenvalue weighted by atomic mass is 9.96. The van der Waals surface area contributed by atoms with Crippen molar-refractivity contribution in [3.05, 3.63) is 70.9 Å². The molecule has 34 heavy (non-hydrogen) atoms. The van der Waals surface area contributed by atoms with Gasteiger partial charge in [0.2, 0.25) is 5.89 Å². The van der Waals surface area contributed by atoms with Gasteiger partial charge < -0.3 is 14.2 Å². The number of carbonyl (C=O) groups excluding carboxylic acids is 3. The van der Waals surface area contributed by atoms with Gasteiger partial charge in [0.15, 0.2) is 5.82 Å². The van der Waals surface area contributed by atoms with Crippen molar-refractivity contribution in [1.29, 1.82) is 0 Å². The molecule has 0 bridgehead atoms. The summed E-state index contributed by atoms with van der Waals surface area (Å²) in [7, 11) is 0. The van der Waals surface area contributed by atoms with E-state index in [1.54, 1.807) is 48.2 Å². The molecular weight excluding hydrogens is 436 g/mol. The molecule has 3 amide bonds. The third-order valence-electron chi connectivity index (χ3n) is 6.21. The number of fused-ring (bicyclic) bond motifs is 1. The molecule has 3 aromatic rings. The number of imide groups is 1. The zero-order valence-electron chi connectivity index (χ0n) is 19.0. The minimum Gasteiger partial charge on any atom is -0.494 e. The van der Waals surface area contributed by atoms with E-state index in [9.17, 15) is 14.4 Å². The average Bonchev–Trinajstić information content (AvgIpc) is 3.40. The Morgan fingerprint density at radius 2 is 1.76 bits per heavy atom. The molecule has 0 radical (unpaired) electrons. The van der Waals surface area contributed by atoms with Gasteiger partial charge in [-0.25, -0.2) is 4.90 Å². The number of carbonyl (C=O) groups is 3. The number of rotatable bonds is 5. The molecule has 0 aliphatic carbocycles. The topological polar surface area (TPSA) is 106 Å². The van der Waals surface area contributed by atoms with Crippen LogP contribution in [-0.2, 0) is 0 Å². The lowest BCUT2D eigenvalue weighted by Gasteiger charge is -2.30. The van der Waals surface area contributed by atoms with Crippen LogP contribution in [0.3, 0.4) is 0 Å². The fourth-order valence-electron chi connectivity index (χ4n) is 4.46. The predicted molar refractivity (Wildman–Crippen MR) is 122 cm³/mol. The Morgan fingerprint density at radius 3 is 2.41 bits per heavy atom. The molecule has 9 heteroatoms. The Morgan fingerprint density at radius 1 is 1.06 bits per heavy atom. The summed E-state index contributed by atoms with van der Waals surface area (Å²) in [5.74, 6) is 0.998. The van der Waals surface area contributed by atoms with Crippen molar-refractivity contribution in [3.8, 4) is 5.75 Å². The summed E-state index contributed by atoms with van der Waals surface area (Å²) >= 11 is 0. The summed E-state index contributed by atoms with van der Waals surface area (Å²) in [6.07, 6.45) is 1.45. The molecule has 174 valence electrons. The van der Waals surface area contributed by atoms with Crippen LogP contribution < -0.4 is 9.64 Å². The van der Waals surface area contributed by atoms with E-state index in [0.717, 1.165) is 17.7 Å². The molecule has 0 atom stereocenters. The maximum atomic E-state index is 13.1. The summed E-state index contributed by atoms with van der Waals surface area (Å²) in [6.45, 7) is 5.29. The SMILES string of the molecule is CCOc1ccc(N2C(=O)c3ccc(C(=O)N4CCC(c5nc(C)no5)CC4)cc3C2=O)cc1. The van der Waals surface area contributed by atoms with Gasteiger partial charge in [-0.2, -0.15) is 4.98 Å². The first kappa shape index (κ1) is 21.8. The first-order valence-electron chi connectivity index (χ1n) is 11.3. The Hall–Kier alpha value is -4.01. The van der Waals surface area contributed by atoms with Crippen molar-refractivity contribution in [2.24, 2.45) is 0 Å². The highest BCUT2D eigenvalue weighted by atomic mass is 16.5. The van der Waals surface area contributed by atoms with Crippen LogP contribution in [0.1, 0.15) is 68.5 Å². The first-order valence-corrected chi connectivity index (χ1v) is 11.3. The van der Waals surface area contributed by atoms with E-state index in [4.69, 9.17) is 9.26 Å². The monoisotopic (exact) mass is 460 g/mol.